The van der Waals surface area contributed by atoms with E-state index in [-0.39, 0.29) is 17.1 Å². The maximum atomic E-state index is 13.5. The van der Waals surface area contributed by atoms with Gasteiger partial charge >= 0.3 is 5.97 Å². The zero-order valence-electron chi connectivity index (χ0n) is 18.7. The van der Waals surface area contributed by atoms with E-state index in [9.17, 15) is 18.0 Å². The van der Waals surface area contributed by atoms with Gasteiger partial charge in [0.2, 0.25) is 5.91 Å². The first-order valence-electron chi connectivity index (χ1n) is 10.4. The molecule has 0 unspecified atom stereocenters. The van der Waals surface area contributed by atoms with Crippen LogP contribution in [0.2, 0.25) is 0 Å². The van der Waals surface area contributed by atoms with Gasteiger partial charge in [0.25, 0.3) is 10.0 Å². The fourth-order valence-corrected chi connectivity index (χ4v) is 4.74. The Morgan fingerprint density at radius 3 is 2.30 bits per heavy atom. The molecule has 0 saturated heterocycles. The van der Waals surface area contributed by atoms with Gasteiger partial charge in [-0.1, -0.05) is 42.0 Å². The standard InChI is InChI=1S/C25H26N2O5S/c1-4-32-25(29)20-9-7-10-21(16-20)26-24(28)17-27(23-11-6-5-8-19(23)3)33(30,31)22-14-12-18(2)13-15-22/h5-16H,4,17H2,1-3H3,(H,26,28). The molecule has 1 N–H and O–H groups in total. The molecule has 0 spiro atoms. The third-order valence-corrected chi connectivity index (χ3v) is 6.71. The van der Waals surface area contributed by atoms with Gasteiger partial charge in [-0.15, -0.1) is 0 Å². The first-order chi connectivity index (χ1) is 15.7. The van der Waals surface area contributed by atoms with Crippen molar-refractivity contribution in [1.29, 1.82) is 0 Å². The van der Waals surface area contributed by atoms with Gasteiger partial charge < -0.3 is 10.1 Å². The minimum Gasteiger partial charge on any atom is -0.462 e. The third-order valence-electron chi connectivity index (χ3n) is 4.94. The molecule has 0 aliphatic rings. The van der Waals surface area contributed by atoms with Gasteiger partial charge in [0.05, 0.1) is 22.8 Å². The number of hydrogen-bond acceptors (Lipinski definition) is 5. The second-order valence-electron chi connectivity index (χ2n) is 7.46. The Kier molecular flexibility index (Phi) is 7.50. The molecule has 3 rings (SSSR count). The van der Waals surface area contributed by atoms with Gasteiger partial charge in [-0.3, -0.25) is 9.10 Å². The normalized spacial score (nSPS) is 11.0. The Labute approximate surface area is 194 Å². The van der Waals surface area contributed by atoms with E-state index >= 15 is 0 Å². The average molecular weight is 467 g/mol. The maximum Gasteiger partial charge on any atom is 0.338 e. The number of amides is 1. The van der Waals surface area contributed by atoms with Crippen molar-refractivity contribution >= 4 is 33.3 Å². The van der Waals surface area contributed by atoms with Crippen LogP contribution in [0, 0.1) is 13.8 Å². The van der Waals surface area contributed by atoms with Crippen molar-refractivity contribution in [3.05, 3.63) is 89.5 Å². The summed E-state index contributed by atoms with van der Waals surface area (Å²) in [5.74, 6) is -1.05. The molecule has 0 fully saturated rings. The predicted molar refractivity (Wildman–Crippen MR) is 128 cm³/mol. The highest BCUT2D eigenvalue weighted by Gasteiger charge is 2.28. The van der Waals surface area contributed by atoms with E-state index in [2.05, 4.69) is 5.32 Å². The summed E-state index contributed by atoms with van der Waals surface area (Å²) in [6.45, 7) is 5.15. The number of para-hydroxylation sites is 1. The zero-order valence-corrected chi connectivity index (χ0v) is 19.6. The van der Waals surface area contributed by atoms with Crippen LogP contribution in [0.3, 0.4) is 0 Å². The highest BCUT2D eigenvalue weighted by atomic mass is 32.2. The number of ether oxygens (including phenoxy) is 1. The monoisotopic (exact) mass is 466 g/mol. The molecule has 3 aromatic rings. The first kappa shape index (κ1) is 24.0. The molecule has 0 atom stereocenters. The smallest absolute Gasteiger partial charge is 0.338 e. The second kappa shape index (κ2) is 10.3. The lowest BCUT2D eigenvalue weighted by atomic mass is 10.2. The molecule has 0 radical (unpaired) electrons. The number of nitrogens with zero attached hydrogens (tertiary/aromatic N) is 1. The van der Waals surface area contributed by atoms with Crippen LogP contribution in [0.15, 0.2) is 77.7 Å². The summed E-state index contributed by atoms with van der Waals surface area (Å²) in [5, 5.41) is 2.68. The largest absolute Gasteiger partial charge is 0.462 e. The van der Waals surface area contributed by atoms with Crippen molar-refractivity contribution in [2.45, 2.75) is 25.7 Å². The molecule has 3 aromatic carbocycles. The summed E-state index contributed by atoms with van der Waals surface area (Å²) in [4.78, 5) is 25.0. The Morgan fingerprint density at radius 2 is 1.64 bits per heavy atom. The Balaban J connectivity index is 1.91. The van der Waals surface area contributed by atoms with Crippen LogP contribution in [-0.4, -0.2) is 33.4 Å². The van der Waals surface area contributed by atoms with E-state index in [4.69, 9.17) is 4.74 Å². The Hall–Kier alpha value is -3.65. The molecule has 172 valence electrons. The van der Waals surface area contributed by atoms with Crippen LogP contribution in [0.25, 0.3) is 0 Å². The van der Waals surface area contributed by atoms with Crippen LogP contribution >= 0.6 is 0 Å². The van der Waals surface area contributed by atoms with Crippen molar-refractivity contribution in [3.8, 4) is 0 Å². The van der Waals surface area contributed by atoms with Gasteiger partial charge in [0, 0.05) is 5.69 Å². The van der Waals surface area contributed by atoms with Crippen LogP contribution in [0.5, 0.6) is 0 Å². The number of hydrogen-bond donors (Lipinski definition) is 1. The van der Waals surface area contributed by atoms with Gasteiger partial charge in [-0.2, -0.15) is 0 Å². The Bertz CT molecular complexity index is 1250. The zero-order chi connectivity index (χ0) is 24.0. The lowest BCUT2D eigenvalue weighted by Crippen LogP contribution is -2.38. The first-order valence-corrected chi connectivity index (χ1v) is 11.9. The van der Waals surface area contributed by atoms with Gasteiger partial charge in [-0.05, 0) is 62.7 Å². The van der Waals surface area contributed by atoms with Crippen molar-refractivity contribution in [1.82, 2.24) is 0 Å². The molecule has 0 aromatic heterocycles. The average Bonchev–Trinajstić information content (AvgIpc) is 2.78. The molecule has 0 aliphatic heterocycles. The van der Waals surface area contributed by atoms with Gasteiger partial charge in [-0.25, -0.2) is 13.2 Å². The SMILES string of the molecule is CCOC(=O)c1cccc(NC(=O)CN(c2ccccc2C)S(=O)(=O)c2ccc(C)cc2)c1. The highest BCUT2D eigenvalue weighted by molar-refractivity contribution is 7.92. The molecular formula is C25H26N2O5S. The van der Waals surface area contributed by atoms with Crippen molar-refractivity contribution in [2.24, 2.45) is 0 Å². The predicted octanol–water partition coefficient (Wildman–Crippen LogP) is 4.31. The number of carbonyl (C=O) groups excluding carboxylic acids is 2. The number of esters is 1. The molecule has 0 heterocycles. The summed E-state index contributed by atoms with van der Waals surface area (Å²) < 4.78 is 33.0. The highest BCUT2D eigenvalue weighted by Crippen LogP contribution is 2.27. The van der Waals surface area contributed by atoms with Crippen LogP contribution in [0.4, 0.5) is 11.4 Å². The van der Waals surface area contributed by atoms with Crippen molar-refractivity contribution in [2.75, 3.05) is 22.8 Å². The molecule has 33 heavy (non-hydrogen) atoms. The van der Waals surface area contributed by atoms with Crippen molar-refractivity contribution < 1.29 is 22.7 Å². The summed E-state index contributed by atoms with van der Waals surface area (Å²) >= 11 is 0. The van der Waals surface area contributed by atoms with Crippen LogP contribution in [-0.2, 0) is 19.6 Å². The summed E-state index contributed by atoms with van der Waals surface area (Å²) in [7, 11) is -4.01. The van der Waals surface area contributed by atoms with E-state index in [0.717, 1.165) is 9.87 Å². The number of benzene rings is 3. The number of nitrogens with one attached hydrogen (secondary N) is 1. The summed E-state index contributed by atoms with van der Waals surface area (Å²) in [6, 6.07) is 19.7. The number of aryl methyl sites for hydroxylation is 2. The quantitative estimate of drug-likeness (QED) is 0.499. The summed E-state index contributed by atoms with van der Waals surface area (Å²) in [5.41, 5.74) is 2.70. The van der Waals surface area contributed by atoms with E-state index in [1.807, 2.05) is 6.92 Å². The fraction of sp³-hybridized carbons (Fsp3) is 0.200. The molecule has 8 heteroatoms. The molecule has 0 saturated carbocycles. The van der Waals surface area contributed by atoms with Crippen LogP contribution < -0.4 is 9.62 Å². The number of anilines is 2. The lowest BCUT2D eigenvalue weighted by Gasteiger charge is -2.25. The molecule has 1 amide bonds. The van der Waals surface area contributed by atoms with E-state index < -0.39 is 28.4 Å². The third kappa shape index (κ3) is 5.78. The van der Waals surface area contributed by atoms with E-state index in [1.165, 1.54) is 18.2 Å². The Morgan fingerprint density at radius 1 is 0.939 bits per heavy atom. The van der Waals surface area contributed by atoms with Gasteiger partial charge in [0.1, 0.15) is 6.54 Å². The lowest BCUT2D eigenvalue weighted by molar-refractivity contribution is -0.114. The molecule has 0 aliphatic carbocycles. The molecular weight excluding hydrogens is 440 g/mol. The minimum atomic E-state index is -4.01. The van der Waals surface area contributed by atoms with E-state index in [0.29, 0.717) is 16.9 Å². The number of rotatable bonds is 8. The molecule has 7 nitrogen and oxygen atoms in total. The maximum absolute atomic E-state index is 13.5. The topological polar surface area (TPSA) is 92.8 Å². The molecule has 0 bridgehead atoms. The summed E-state index contributed by atoms with van der Waals surface area (Å²) in [6.07, 6.45) is 0. The second-order valence-corrected chi connectivity index (χ2v) is 9.32. The van der Waals surface area contributed by atoms with Crippen LogP contribution in [0.1, 0.15) is 28.4 Å². The van der Waals surface area contributed by atoms with Gasteiger partial charge in [0.15, 0.2) is 0 Å². The fourth-order valence-electron chi connectivity index (χ4n) is 3.25. The number of carbonyl (C=O) groups is 2. The van der Waals surface area contributed by atoms with Crippen molar-refractivity contribution in [3.63, 3.8) is 0 Å². The minimum absolute atomic E-state index is 0.0912. The van der Waals surface area contributed by atoms with E-state index in [1.54, 1.807) is 68.4 Å². The number of sulfonamides is 1.